The molecule has 0 atom stereocenters. The molecule has 0 amide bonds. The highest BCUT2D eigenvalue weighted by Gasteiger charge is 2.13. The van der Waals surface area contributed by atoms with E-state index in [2.05, 4.69) is 40.9 Å². The predicted molar refractivity (Wildman–Crippen MR) is 79.5 cm³/mol. The van der Waals surface area contributed by atoms with Crippen LogP contribution in [0.1, 0.15) is 35.6 Å². The lowest BCUT2D eigenvalue weighted by Crippen LogP contribution is -2.14. The summed E-state index contributed by atoms with van der Waals surface area (Å²) in [4.78, 5) is 12.3. The largest absolute Gasteiger partial charge is 0.292 e. The first-order chi connectivity index (χ1) is 9.15. The molecule has 0 fully saturated rings. The molecule has 1 aromatic carbocycles. The molecular weight excluding hydrogens is 304 g/mol. The van der Waals surface area contributed by atoms with Gasteiger partial charge < -0.3 is 0 Å². The number of hydrogen-bond acceptors (Lipinski definition) is 2. The second kappa shape index (κ2) is 6.15. The standard InChI is InChI=1S/C15H17BrN2O/c1-3-11-9-12(4-2)18(17-11)10-15(19)13-7-5-6-8-14(13)16/h5-9H,3-4,10H2,1-2H3. The van der Waals surface area contributed by atoms with Crippen LogP contribution in [0.4, 0.5) is 0 Å². The highest BCUT2D eigenvalue weighted by Crippen LogP contribution is 2.17. The summed E-state index contributed by atoms with van der Waals surface area (Å²) in [5, 5.41) is 4.48. The smallest absolute Gasteiger partial charge is 0.185 e. The second-order valence-electron chi connectivity index (χ2n) is 4.39. The molecular formula is C15H17BrN2O. The molecule has 1 heterocycles. The summed E-state index contributed by atoms with van der Waals surface area (Å²) in [6, 6.07) is 9.57. The maximum Gasteiger partial charge on any atom is 0.185 e. The van der Waals surface area contributed by atoms with Crippen molar-refractivity contribution in [2.24, 2.45) is 0 Å². The van der Waals surface area contributed by atoms with Crippen LogP contribution in [-0.2, 0) is 19.4 Å². The first-order valence-electron chi connectivity index (χ1n) is 6.49. The quantitative estimate of drug-likeness (QED) is 0.788. The van der Waals surface area contributed by atoms with Crippen molar-refractivity contribution in [3.63, 3.8) is 0 Å². The molecule has 0 bridgehead atoms. The van der Waals surface area contributed by atoms with Crippen LogP contribution >= 0.6 is 15.9 Å². The number of carbonyl (C=O) groups excluding carboxylic acids is 1. The van der Waals surface area contributed by atoms with E-state index < -0.39 is 0 Å². The summed E-state index contributed by atoms with van der Waals surface area (Å²) >= 11 is 3.41. The van der Waals surface area contributed by atoms with E-state index in [1.807, 2.05) is 28.9 Å². The van der Waals surface area contributed by atoms with Crippen LogP contribution in [0.5, 0.6) is 0 Å². The van der Waals surface area contributed by atoms with Crippen LogP contribution in [0, 0.1) is 0 Å². The van der Waals surface area contributed by atoms with Gasteiger partial charge in [0.25, 0.3) is 0 Å². The van der Waals surface area contributed by atoms with E-state index in [4.69, 9.17) is 0 Å². The molecule has 0 spiro atoms. The van der Waals surface area contributed by atoms with Crippen molar-refractivity contribution in [3.8, 4) is 0 Å². The normalized spacial score (nSPS) is 10.7. The molecule has 0 saturated heterocycles. The number of aromatic nitrogens is 2. The van der Waals surface area contributed by atoms with Gasteiger partial charge in [-0.2, -0.15) is 5.10 Å². The number of halogens is 1. The number of ketones is 1. The summed E-state index contributed by atoms with van der Waals surface area (Å²) in [6.45, 7) is 4.45. The Balaban J connectivity index is 2.24. The maximum atomic E-state index is 12.3. The Bertz CT molecular complexity index is 590. The van der Waals surface area contributed by atoms with Crippen LogP contribution in [-0.4, -0.2) is 15.6 Å². The number of benzene rings is 1. The number of rotatable bonds is 5. The second-order valence-corrected chi connectivity index (χ2v) is 5.25. The summed E-state index contributed by atoms with van der Waals surface area (Å²) in [5.41, 5.74) is 2.85. The van der Waals surface area contributed by atoms with Gasteiger partial charge in [0, 0.05) is 15.7 Å². The molecule has 0 aliphatic heterocycles. The molecule has 0 radical (unpaired) electrons. The fourth-order valence-corrected chi connectivity index (χ4v) is 2.52. The fourth-order valence-electron chi connectivity index (χ4n) is 2.02. The summed E-state index contributed by atoms with van der Waals surface area (Å²) in [5.74, 6) is 0.0768. The third-order valence-corrected chi connectivity index (χ3v) is 3.80. The zero-order valence-electron chi connectivity index (χ0n) is 11.2. The lowest BCUT2D eigenvalue weighted by atomic mass is 10.1. The molecule has 0 aliphatic rings. The average molecular weight is 321 g/mol. The third-order valence-electron chi connectivity index (χ3n) is 3.11. The van der Waals surface area contributed by atoms with Gasteiger partial charge in [0.05, 0.1) is 5.69 Å². The minimum Gasteiger partial charge on any atom is -0.292 e. The van der Waals surface area contributed by atoms with E-state index in [0.29, 0.717) is 12.1 Å². The summed E-state index contributed by atoms with van der Waals surface area (Å²) in [6.07, 6.45) is 1.78. The average Bonchev–Trinajstić information content (AvgIpc) is 2.81. The molecule has 4 heteroatoms. The Morgan fingerprint density at radius 2 is 2.00 bits per heavy atom. The monoisotopic (exact) mass is 320 g/mol. The van der Waals surface area contributed by atoms with Crippen molar-refractivity contribution in [1.82, 2.24) is 9.78 Å². The Hall–Kier alpha value is -1.42. The zero-order chi connectivity index (χ0) is 13.8. The Morgan fingerprint density at radius 3 is 2.63 bits per heavy atom. The third kappa shape index (κ3) is 3.13. The molecule has 1 aromatic heterocycles. The first kappa shape index (κ1) is 14.0. The van der Waals surface area contributed by atoms with E-state index in [9.17, 15) is 4.79 Å². The van der Waals surface area contributed by atoms with Crippen molar-refractivity contribution in [2.75, 3.05) is 0 Å². The van der Waals surface area contributed by atoms with Crippen molar-refractivity contribution in [3.05, 3.63) is 51.8 Å². The molecule has 3 nitrogen and oxygen atoms in total. The molecule has 19 heavy (non-hydrogen) atoms. The minimum atomic E-state index is 0.0768. The van der Waals surface area contributed by atoms with Crippen molar-refractivity contribution < 1.29 is 4.79 Å². The lowest BCUT2D eigenvalue weighted by molar-refractivity contribution is 0.0965. The van der Waals surface area contributed by atoms with E-state index in [-0.39, 0.29) is 5.78 Å². The molecule has 100 valence electrons. The number of hydrogen-bond donors (Lipinski definition) is 0. The Kier molecular flexibility index (Phi) is 4.53. The van der Waals surface area contributed by atoms with Crippen LogP contribution in [0.25, 0.3) is 0 Å². The van der Waals surface area contributed by atoms with E-state index in [0.717, 1.165) is 28.7 Å². The molecule has 2 aromatic rings. The van der Waals surface area contributed by atoms with Crippen LogP contribution < -0.4 is 0 Å². The fraction of sp³-hybridized carbons (Fsp3) is 0.333. The van der Waals surface area contributed by atoms with Crippen molar-refractivity contribution >= 4 is 21.7 Å². The van der Waals surface area contributed by atoms with Gasteiger partial charge in [-0.3, -0.25) is 9.48 Å². The molecule has 0 unspecified atom stereocenters. The Morgan fingerprint density at radius 1 is 1.26 bits per heavy atom. The van der Waals surface area contributed by atoms with Gasteiger partial charge in [0.2, 0.25) is 0 Å². The van der Waals surface area contributed by atoms with Gasteiger partial charge in [-0.05, 0) is 25.0 Å². The van der Waals surface area contributed by atoms with Crippen molar-refractivity contribution in [1.29, 1.82) is 0 Å². The SMILES string of the molecule is CCc1cc(CC)n(CC(=O)c2ccccc2Br)n1. The van der Waals surface area contributed by atoms with Crippen LogP contribution in [0.2, 0.25) is 0 Å². The van der Waals surface area contributed by atoms with Gasteiger partial charge in [0.1, 0.15) is 6.54 Å². The van der Waals surface area contributed by atoms with Gasteiger partial charge >= 0.3 is 0 Å². The van der Waals surface area contributed by atoms with Gasteiger partial charge in [-0.25, -0.2) is 0 Å². The molecule has 2 rings (SSSR count). The van der Waals surface area contributed by atoms with Crippen molar-refractivity contribution in [2.45, 2.75) is 33.2 Å². The van der Waals surface area contributed by atoms with Gasteiger partial charge in [0.15, 0.2) is 5.78 Å². The highest BCUT2D eigenvalue weighted by atomic mass is 79.9. The predicted octanol–water partition coefficient (Wildman–Crippen LogP) is 3.65. The molecule has 0 aliphatic carbocycles. The van der Waals surface area contributed by atoms with E-state index >= 15 is 0 Å². The minimum absolute atomic E-state index is 0.0768. The van der Waals surface area contributed by atoms with E-state index in [1.54, 1.807) is 0 Å². The van der Waals surface area contributed by atoms with Crippen LogP contribution in [0.3, 0.4) is 0 Å². The zero-order valence-corrected chi connectivity index (χ0v) is 12.8. The number of aryl methyl sites for hydroxylation is 2. The van der Waals surface area contributed by atoms with E-state index in [1.165, 1.54) is 0 Å². The first-order valence-corrected chi connectivity index (χ1v) is 7.28. The lowest BCUT2D eigenvalue weighted by Gasteiger charge is -2.06. The summed E-state index contributed by atoms with van der Waals surface area (Å²) in [7, 11) is 0. The van der Waals surface area contributed by atoms with Gasteiger partial charge in [-0.1, -0.05) is 48.0 Å². The number of Topliss-reactive ketones (excluding diaryl/α,β-unsaturated/α-hetero) is 1. The number of carbonyl (C=O) groups is 1. The highest BCUT2D eigenvalue weighted by molar-refractivity contribution is 9.10. The van der Waals surface area contributed by atoms with Crippen LogP contribution in [0.15, 0.2) is 34.8 Å². The molecule has 0 saturated carbocycles. The number of nitrogens with zero attached hydrogens (tertiary/aromatic N) is 2. The maximum absolute atomic E-state index is 12.3. The Labute approximate surface area is 121 Å². The topological polar surface area (TPSA) is 34.9 Å². The van der Waals surface area contributed by atoms with Gasteiger partial charge in [-0.15, -0.1) is 0 Å². The summed E-state index contributed by atoms with van der Waals surface area (Å²) < 4.78 is 2.65. The molecule has 0 N–H and O–H groups in total.